The van der Waals surface area contributed by atoms with Crippen molar-refractivity contribution < 1.29 is 14.3 Å². The SMILES string of the molecule is O=C(CSc1n[nH]c(=O)n1C1CC1)NCc1ccc2c(c1)OCO2. The summed E-state index contributed by atoms with van der Waals surface area (Å²) in [6.45, 7) is 0.639. The van der Waals surface area contributed by atoms with Crippen molar-refractivity contribution in [3.8, 4) is 11.5 Å². The zero-order chi connectivity index (χ0) is 16.5. The maximum atomic E-state index is 12.0. The summed E-state index contributed by atoms with van der Waals surface area (Å²) >= 11 is 1.26. The number of nitrogens with zero attached hydrogens (tertiary/aromatic N) is 2. The van der Waals surface area contributed by atoms with Crippen LogP contribution in [-0.2, 0) is 11.3 Å². The van der Waals surface area contributed by atoms with Crippen LogP contribution in [0.3, 0.4) is 0 Å². The molecule has 0 atom stereocenters. The van der Waals surface area contributed by atoms with E-state index in [9.17, 15) is 9.59 Å². The van der Waals surface area contributed by atoms with Crippen molar-refractivity contribution in [1.29, 1.82) is 0 Å². The quantitative estimate of drug-likeness (QED) is 0.757. The van der Waals surface area contributed by atoms with Crippen LogP contribution in [0.1, 0.15) is 24.4 Å². The number of carbonyl (C=O) groups is 1. The molecule has 1 saturated carbocycles. The highest BCUT2D eigenvalue weighted by Gasteiger charge is 2.28. The Balaban J connectivity index is 1.30. The third-order valence-electron chi connectivity index (χ3n) is 3.84. The van der Waals surface area contributed by atoms with Gasteiger partial charge in [0.05, 0.1) is 5.75 Å². The summed E-state index contributed by atoms with van der Waals surface area (Å²) in [5.41, 5.74) is 0.730. The molecule has 126 valence electrons. The van der Waals surface area contributed by atoms with Gasteiger partial charge in [0, 0.05) is 12.6 Å². The Hall–Kier alpha value is -2.42. The highest BCUT2D eigenvalue weighted by molar-refractivity contribution is 7.99. The van der Waals surface area contributed by atoms with E-state index in [-0.39, 0.29) is 30.2 Å². The van der Waals surface area contributed by atoms with Crippen molar-refractivity contribution in [3.63, 3.8) is 0 Å². The fourth-order valence-electron chi connectivity index (χ4n) is 2.48. The summed E-state index contributed by atoms with van der Waals surface area (Å²) in [6, 6.07) is 5.81. The van der Waals surface area contributed by atoms with Crippen molar-refractivity contribution in [2.45, 2.75) is 30.6 Å². The van der Waals surface area contributed by atoms with Crippen molar-refractivity contribution in [3.05, 3.63) is 34.2 Å². The molecule has 4 rings (SSSR count). The highest BCUT2D eigenvalue weighted by atomic mass is 32.2. The molecule has 2 aromatic rings. The highest BCUT2D eigenvalue weighted by Crippen LogP contribution is 2.36. The fourth-order valence-corrected chi connectivity index (χ4v) is 3.32. The van der Waals surface area contributed by atoms with Crippen LogP contribution in [0.15, 0.2) is 28.2 Å². The van der Waals surface area contributed by atoms with E-state index < -0.39 is 0 Å². The summed E-state index contributed by atoms with van der Waals surface area (Å²) in [5, 5.41) is 9.85. The molecule has 24 heavy (non-hydrogen) atoms. The Kier molecular flexibility index (Phi) is 3.93. The molecule has 1 aromatic heterocycles. The second-order valence-electron chi connectivity index (χ2n) is 5.67. The van der Waals surface area contributed by atoms with Crippen molar-refractivity contribution in [2.75, 3.05) is 12.5 Å². The molecule has 1 fully saturated rings. The summed E-state index contributed by atoms with van der Waals surface area (Å²) in [6.07, 6.45) is 1.98. The lowest BCUT2D eigenvalue weighted by Gasteiger charge is -2.06. The first-order valence-electron chi connectivity index (χ1n) is 7.65. The van der Waals surface area contributed by atoms with Gasteiger partial charge in [-0.05, 0) is 30.5 Å². The predicted molar refractivity (Wildman–Crippen MR) is 86.3 cm³/mol. The molecule has 0 saturated heterocycles. The van der Waals surface area contributed by atoms with Gasteiger partial charge < -0.3 is 14.8 Å². The number of benzene rings is 1. The molecule has 0 radical (unpaired) electrons. The summed E-state index contributed by atoms with van der Waals surface area (Å²) in [7, 11) is 0. The van der Waals surface area contributed by atoms with E-state index in [1.165, 1.54) is 11.8 Å². The molecule has 2 N–H and O–H groups in total. The average Bonchev–Trinajstić information content (AvgIpc) is 3.18. The summed E-state index contributed by atoms with van der Waals surface area (Å²) in [5.74, 6) is 1.51. The number of thioether (sulfide) groups is 1. The zero-order valence-electron chi connectivity index (χ0n) is 12.8. The number of hydrogen-bond acceptors (Lipinski definition) is 6. The van der Waals surface area contributed by atoms with Crippen LogP contribution in [0.2, 0.25) is 0 Å². The second-order valence-corrected chi connectivity index (χ2v) is 6.61. The molecule has 0 spiro atoms. The number of nitrogens with one attached hydrogen (secondary N) is 2. The molecule has 1 aromatic carbocycles. The monoisotopic (exact) mass is 348 g/mol. The topological polar surface area (TPSA) is 98.2 Å². The molecule has 9 heteroatoms. The third-order valence-corrected chi connectivity index (χ3v) is 4.80. The van der Waals surface area contributed by atoms with Crippen LogP contribution in [-0.4, -0.2) is 33.2 Å². The van der Waals surface area contributed by atoms with Gasteiger partial charge in [-0.3, -0.25) is 9.36 Å². The molecule has 0 unspecified atom stereocenters. The van der Waals surface area contributed by atoms with Crippen LogP contribution >= 0.6 is 11.8 Å². The first kappa shape index (κ1) is 15.1. The van der Waals surface area contributed by atoms with E-state index in [0.717, 1.165) is 24.2 Å². The number of fused-ring (bicyclic) bond motifs is 1. The van der Waals surface area contributed by atoms with Crippen LogP contribution in [0.4, 0.5) is 0 Å². The van der Waals surface area contributed by atoms with E-state index >= 15 is 0 Å². The number of amides is 1. The van der Waals surface area contributed by atoms with Gasteiger partial charge in [-0.25, -0.2) is 9.89 Å². The lowest BCUT2D eigenvalue weighted by molar-refractivity contribution is -0.118. The van der Waals surface area contributed by atoms with Crippen LogP contribution in [0.25, 0.3) is 0 Å². The van der Waals surface area contributed by atoms with Gasteiger partial charge in [0.15, 0.2) is 16.7 Å². The number of ether oxygens (including phenoxy) is 2. The van der Waals surface area contributed by atoms with Gasteiger partial charge >= 0.3 is 5.69 Å². The van der Waals surface area contributed by atoms with Crippen molar-refractivity contribution in [2.24, 2.45) is 0 Å². The maximum Gasteiger partial charge on any atom is 0.344 e. The van der Waals surface area contributed by atoms with Crippen molar-refractivity contribution in [1.82, 2.24) is 20.1 Å². The van der Waals surface area contributed by atoms with Crippen LogP contribution < -0.4 is 20.5 Å². The molecular formula is C15H16N4O4S. The lowest BCUT2D eigenvalue weighted by Crippen LogP contribution is -2.25. The molecule has 2 heterocycles. The summed E-state index contributed by atoms with van der Waals surface area (Å²) < 4.78 is 12.2. The standard InChI is InChI=1S/C15H16N4O4S/c20-13(7-24-15-18-17-14(21)19(15)10-2-3-10)16-6-9-1-4-11-12(5-9)23-8-22-11/h1,4-5,10H,2-3,6-8H2,(H,16,20)(H,17,21). The minimum atomic E-state index is -0.208. The average molecular weight is 348 g/mol. The zero-order valence-corrected chi connectivity index (χ0v) is 13.6. The molecule has 8 nitrogen and oxygen atoms in total. The summed E-state index contributed by atoms with van der Waals surface area (Å²) in [4.78, 5) is 23.7. The minimum Gasteiger partial charge on any atom is -0.454 e. The Morgan fingerprint density at radius 2 is 2.21 bits per heavy atom. The molecular weight excluding hydrogens is 332 g/mol. The van der Waals surface area contributed by atoms with Gasteiger partial charge in [-0.1, -0.05) is 17.8 Å². The van der Waals surface area contributed by atoms with Gasteiger partial charge in [-0.15, -0.1) is 5.10 Å². The number of aromatic amines is 1. The fraction of sp³-hybridized carbons (Fsp3) is 0.400. The minimum absolute atomic E-state index is 0.115. The molecule has 2 aliphatic rings. The van der Waals surface area contributed by atoms with Gasteiger partial charge in [0.25, 0.3) is 0 Å². The molecule has 1 amide bonds. The molecule has 1 aliphatic heterocycles. The molecule has 0 bridgehead atoms. The smallest absolute Gasteiger partial charge is 0.344 e. The van der Waals surface area contributed by atoms with Gasteiger partial charge in [0.1, 0.15) is 0 Å². The number of rotatable bonds is 6. The Morgan fingerprint density at radius 1 is 1.38 bits per heavy atom. The van der Waals surface area contributed by atoms with Crippen molar-refractivity contribution >= 4 is 17.7 Å². The van der Waals surface area contributed by atoms with E-state index in [4.69, 9.17) is 9.47 Å². The van der Waals surface area contributed by atoms with Gasteiger partial charge in [0.2, 0.25) is 12.7 Å². The third kappa shape index (κ3) is 3.12. The first-order chi connectivity index (χ1) is 11.7. The number of carbonyl (C=O) groups excluding carboxylic acids is 1. The predicted octanol–water partition coefficient (Wildman–Crippen LogP) is 1.04. The van der Waals surface area contributed by atoms with E-state index in [0.29, 0.717) is 17.5 Å². The van der Waals surface area contributed by atoms with E-state index in [1.54, 1.807) is 4.57 Å². The Bertz CT molecular complexity index is 827. The Morgan fingerprint density at radius 3 is 3.04 bits per heavy atom. The number of aromatic nitrogens is 3. The largest absolute Gasteiger partial charge is 0.454 e. The lowest BCUT2D eigenvalue weighted by atomic mass is 10.2. The number of hydrogen-bond donors (Lipinski definition) is 2. The number of H-pyrrole nitrogens is 1. The van der Waals surface area contributed by atoms with E-state index in [1.807, 2.05) is 18.2 Å². The van der Waals surface area contributed by atoms with E-state index in [2.05, 4.69) is 15.5 Å². The maximum absolute atomic E-state index is 12.0. The Labute approximate surface area is 141 Å². The molecule has 1 aliphatic carbocycles. The first-order valence-corrected chi connectivity index (χ1v) is 8.64. The normalized spacial score (nSPS) is 15.5. The van der Waals surface area contributed by atoms with Crippen LogP contribution in [0.5, 0.6) is 11.5 Å². The van der Waals surface area contributed by atoms with Crippen LogP contribution in [0, 0.1) is 0 Å². The van der Waals surface area contributed by atoms with Gasteiger partial charge in [-0.2, -0.15) is 0 Å². The second kappa shape index (κ2) is 6.23.